The van der Waals surface area contributed by atoms with Crippen LogP contribution in [-0.2, 0) is 6.42 Å². The van der Waals surface area contributed by atoms with E-state index in [9.17, 15) is 14.0 Å². The van der Waals surface area contributed by atoms with E-state index in [2.05, 4.69) is 34.6 Å². The highest BCUT2D eigenvalue weighted by Gasteiger charge is 2.16. The SMILES string of the molecule is CC(C)c1cccc(Oc2cnn(-c3ccc(F)cc3)c(=O)c2Nc2ccc(C(=O)NCCc3ccccn3)cc2)c1. The minimum absolute atomic E-state index is 0.136. The third-order valence-electron chi connectivity index (χ3n) is 6.58. The van der Waals surface area contributed by atoms with Crippen LogP contribution in [0, 0.1) is 5.82 Å². The molecule has 5 aromatic rings. The summed E-state index contributed by atoms with van der Waals surface area (Å²) in [7, 11) is 0. The van der Waals surface area contributed by atoms with Crippen LogP contribution in [0.1, 0.15) is 41.4 Å². The lowest BCUT2D eigenvalue weighted by molar-refractivity contribution is 0.0954. The van der Waals surface area contributed by atoms with E-state index in [4.69, 9.17) is 4.74 Å². The fourth-order valence-electron chi connectivity index (χ4n) is 4.26. The summed E-state index contributed by atoms with van der Waals surface area (Å²) in [6.07, 6.45) is 3.79. The topological polar surface area (TPSA) is 98.1 Å². The molecule has 42 heavy (non-hydrogen) atoms. The molecule has 0 radical (unpaired) electrons. The van der Waals surface area contributed by atoms with Crippen molar-refractivity contribution in [3.63, 3.8) is 0 Å². The normalized spacial score (nSPS) is 10.9. The zero-order valence-corrected chi connectivity index (χ0v) is 23.3. The van der Waals surface area contributed by atoms with Crippen molar-refractivity contribution < 1.29 is 13.9 Å². The molecule has 2 heterocycles. The lowest BCUT2D eigenvalue weighted by Crippen LogP contribution is -2.26. The van der Waals surface area contributed by atoms with E-state index in [0.29, 0.717) is 41.6 Å². The number of anilines is 2. The summed E-state index contributed by atoms with van der Waals surface area (Å²) in [5.74, 6) is 0.435. The Morgan fingerprint density at radius 2 is 1.76 bits per heavy atom. The largest absolute Gasteiger partial charge is 0.453 e. The molecular formula is C33H30FN5O3. The molecule has 0 fully saturated rings. The number of ether oxygens (including phenoxy) is 1. The Morgan fingerprint density at radius 3 is 2.48 bits per heavy atom. The monoisotopic (exact) mass is 563 g/mol. The van der Waals surface area contributed by atoms with Crippen molar-refractivity contribution in [3.8, 4) is 17.2 Å². The van der Waals surface area contributed by atoms with Crippen LogP contribution in [0.5, 0.6) is 11.5 Å². The van der Waals surface area contributed by atoms with E-state index in [1.165, 1.54) is 35.1 Å². The quantitative estimate of drug-likeness (QED) is 0.204. The molecule has 0 bridgehead atoms. The number of aromatic nitrogens is 3. The summed E-state index contributed by atoms with van der Waals surface area (Å²) < 4.78 is 20.8. The molecule has 1 amide bonds. The number of hydrogen-bond acceptors (Lipinski definition) is 6. The van der Waals surface area contributed by atoms with Gasteiger partial charge in [-0.05, 0) is 84.3 Å². The van der Waals surface area contributed by atoms with E-state index < -0.39 is 11.4 Å². The molecule has 2 N–H and O–H groups in total. The first-order chi connectivity index (χ1) is 20.4. The zero-order valence-electron chi connectivity index (χ0n) is 23.3. The standard InChI is InChI=1S/C33H30FN5O3/c1-22(2)24-6-5-8-29(20-24)42-30-21-37-39(28-15-11-25(34)12-16-28)33(41)31(30)38-27-13-9-23(10-14-27)32(40)36-19-17-26-7-3-4-18-35-26/h3-16,18,20-22,38H,17,19H2,1-2H3,(H,36,40). The zero-order chi connectivity index (χ0) is 29.5. The number of amides is 1. The molecule has 0 unspecified atom stereocenters. The number of pyridine rings is 1. The second-order valence-corrected chi connectivity index (χ2v) is 9.94. The van der Waals surface area contributed by atoms with Gasteiger partial charge in [0.2, 0.25) is 0 Å². The average molecular weight is 564 g/mol. The molecular weight excluding hydrogens is 533 g/mol. The molecule has 0 aliphatic rings. The van der Waals surface area contributed by atoms with Crippen molar-refractivity contribution in [1.29, 1.82) is 0 Å². The molecule has 9 heteroatoms. The van der Waals surface area contributed by atoms with E-state index in [1.807, 2.05) is 42.5 Å². The number of carbonyl (C=O) groups is 1. The van der Waals surface area contributed by atoms with Gasteiger partial charge in [0.05, 0.1) is 11.9 Å². The number of nitrogens with one attached hydrogen (secondary N) is 2. The number of hydrogen-bond donors (Lipinski definition) is 2. The smallest absolute Gasteiger partial charge is 0.299 e. The maximum absolute atomic E-state index is 13.7. The van der Waals surface area contributed by atoms with E-state index >= 15 is 0 Å². The van der Waals surface area contributed by atoms with Crippen molar-refractivity contribution in [1.82, 2.24) is 20.1 Å². The predicted molar refractivity (Wildman–Crippen MR) is 160 cm³/mol. The van der Waals surface area contributed by atoms with Gasteiger partial charge in [-0.25, -0.2) is 4.39 Å². The Bertz CT molecular complexity index is 1720. The molecule has 0 saturated carbocycles. The second-order valence-electron chi connectivity index (χ2n) is 9.94. The molecule has 3 aromatic carbocycles. The van der Waals surface area contributed by atoms with Crippen molar-refractivity contribution >= 4 is 17.3 Å². The minimum Gasteiger partial charge on any atom is -0.453 e. The first-order valence-electron chi connectivity index (χ1n) is 13.6. The number of halogens is 1. The van der Waals surface area contributed by atoms with E-state index in [0.717, 1.165) is 11.3 Å². The van der Waals surface area contributed by atoms with Gasteiger partial charge in [-0.3, -0.25) is 14.6 Å². The molecule has 212 valence electrons. The van der Waals surface area contributed by atoms with Crippen LogP contribution in [-0.4, -0.2) is 27.2 Å². The molecule has 0 saturated heterocycles. The molecule has 0 aliphatic carbocycles. The molecule has 5 rings (SSSR count). The highest BCUT2D eigenvalue weighted by molar-refractivity contribution is 5.94. The van der Waals surface area contributed by atoms with Gasteiger partial charge in [0.15, 0.2) is 11.4 Å². The summed E-state index contributed by atoms with van der Waals surface area (Å²) in [5, 5.41) is 10.3. The van der Waals surface area contributed by atoms with Gasteiger partial charge in [0, 0.05) is 36.1 Å². The van der Waals surface area contributed by atoms with Gasteiger partial charge < -0.3 is 15.4 Å². The number of rotatable bonds is 10. The third kappa shape index (κ3) is 6.87. The Kier molecular flexibility index (Phi) is 8.67. The molecule has 0 atom stereocenters. The van der Waals surface area contributed by atoms with Crippen molar-refractivity contribution in [2.45, 2.75) is 26.2 Å². The number of benzene rings is 3. The van der Waals surface area contributed by atoms with Crippen LogP contribution >= 0.6 is 0 Å². The fraction of sp³-hybridized carbons (Fsp3) is 0.152. The summed E-state index contributed by atoms with van der Waals surface area (Å²) in [6, 6.07) is 25.5. The molecule has 0 aliphatic heterocycles. The van der Waals surface area contributed by atoms with E-state index in [-0.39, 0.29) is 17.3 Å². The second kappa shape index (κ2) is 12.9. The third-order valence-corrected chi connectivity index (χ3v) is 6.58. The maximum Gasteiger partial charge on any atom is 0.299 e. The highest BCUT2D eigenvalue weighted by Crippen LogP contribution is 2.30. The van der Waals surface area contributed by atoms with E-state index in [1.54, 1.807) is 30.5 Å². The number of carbonyl (C=O) groups excluding carboxylic acids is 1. The first kappa shape index (κ1) is 28.2. The lowest BCUT2D eigenvalue weighted by Gasteiger charge is -2.15. The van der Waals surface area contributed by atoms with Gasteiger partial charge in [-0.2, -0.15) is 9.78 Å². The summed E-state index contributed by atoms with van der Waals surface area (Å²) in [6.45, 7) is 4.62. The van der Waals surface area contributed by atoms with Crippen LogP contribution < -0.4 is 20.9 Å². The number of nitrogens with zero attached hydrogens (tertiary/aromatic N) is 3. The van der Waals surface area contributed by atoms with Crippen molar-refractivity contribution in [2.24, 2.45) is 0 Å². The maximum atomic E-state index is 13.7. The van der Waals surface area contributed by atoms with Crippen LogP contribution in [0.2, 0.25) is 0 Å². The molecule has 0 spiro atoms. The first-order valence-corrected chi connectivity index (χ1v) is 13.6. The van der Waals surface area contributed by atoms with Crippen LogP contribution in [0.4, 0.5) is 15.8 Å². The highest BCUT2D eigenvalue weighted by atomic mass is 19.1. The van der Waals surface area contributed by atoms with Crippen LogP contribution in [0.15, 0.2) is 108 Å². The van der Waals surface area contributed by atoms with Gasteiger partial charge in [0.1, 0.15) is 11.6 Å². The molecule has 2 aromatic heterocycles. The molecule has 8 nitrogen and oxygen atoms in total. The van der Waals surface area contributed by atoms with Crippen molar-refractivity contribution in [2.75, 3.05) is 11.9 Å². The van der Waals surface area contributed by atoms with Gasteiger partial charge in [0.25, 0.3) is 11.5 Å². The summed E-state index contributed by atoms with van der Waals surface area (Å²) >= 11 is 0. The van der Waals surface area contributed by atoms with Gasteiger partial charge in [-0.15, -0.1) is 0 Å². The van der Waals surface area contributed by atoms with Crippen LogP contribution in [0.25, 0.3) is 5.69 Å². The van der Waals surface area contributed by atoms with Gasteiger partial charge in [-0.1, -0.05) is 32.0 Å². The Morgan fingerprint density at radius 1 is 0.976 bits per heavy atom. The fourth-order valence-corrected chi connectivity index (χ4v) is 4.26. The lowest BCUT2D eigenvalue weighted by atomic mass is 10.0. The van der Waals surface area contributed by atoms with Gasteiger partial charge >= 0.3 is 0 Å². The van der Waals surface area contributed by atoms with Crippen LogP contribution in [0.3, 0.4) is 0 Å². The Balaban J connectivity index is 1.39. The van der Waals surface area contributed by atoms with Crippen molar-refractivity contribution in [3.05, 3.63) is 136 Å². The Hall–Kier alpha value is -5.31. The summed E-state index contributed by atoms with van der Waals surface area (Å²) in [4.78, 5) is 30.6. The summed E-state index contributed by atoms with van der Waals surface area (Å²) in [5.41, 5.74) is 3.07. The minimum atomic E-state index is -0.490. The average Bonchev–Trinajstić information content (AvgIpc) is 3.00. The Labute approximate surface area is 242 Å². The predicted octanol–water partition coefficient (Wildman–Crippen LogP) is 6.40.